The number of hydrogen-bond donors (Lipinski definition) is 1. The Morgan fingerprint density at radius 1 is 1.11 bits per heavy atom. The van der Waals surface area contributed by atoms with Crippen LogP contribution >= 0.6 is 0 Å². The number of piperazine rings is 1. The highest BCUT2D eigenvalue weighted by Crippen LogP contribution is 2.31. The summed E-state index contributed by atoms with van der Waals surface area (Å²) in [6, 6.07) is 4.15. The van der Waals surface area contributed by atoms with E-state index in [-0.39, 0.29) is 48.5 Å². The summed E-state index contributed by atoms with van der Waals surface area (Å²) in [5, 5.41) is 6.82. The summed E-state index contributed by atoms with van der Waals surface area (Å²) < 4.78 is 14.7. The molecule has 2 aromatic rings. The molecule has 2 fully saturated rings. The van der Waals surface area contributed by atoms with Crippen LogP contribution in [0.3, 0.4) is 0 Å². The van der Waals surface area contributed by atoms with Gasteiger partial charge in [-0.25, -0.2) is 9.49 Å². The van der Waals surface area contributed by atoms with Gasteiger partial charge in [0.1, 0.15) is 5.82 Å². The predicted octanol–water partition coefficient (Wildman–Crippen LogP) is 2.03. The molecule has 0 bridgehead atoms. The third-order valence-corrected chi connectivity index (χ3v) is 7.35. The summed E-state index contributed by atoms with van der Waals surface area (Å²) in [6.07, 6.45) is 5.42. The van der Waals surface area contributed by atoms with Gasteiger partial charge in [-0.05, 0) is 68.7 Å². The van der Waals surface area contributed by atoms with Gasteiger partial charge in [0.05, 0.1) is 11.3 Å². The van der Waals surface area contributed by atoms with Crippen LogP contribution in [-0.2, 0) is 28.9 Å². The molecule has 0 spiro atoms. The van der Waals surface area contributed by atoms with Crippen LogP contribution < -0.4 is 5.56 Å². The summed E-state index contributed by atoms with van der Waals surface area (Å²) in [5.41, 5.74) is 3.06. The second-order valence-electron chi connectivity index (χ2n) is 9.89. The van der Waals surface area contributed by atoms with Crippen LogP contribution in [0.1, 0.15) is 65.3 Å². The van der Waals surface area contributed by atoms with Gasteiger partial charge in [-0.3, -0.25) is 19.2 Å². The lowest BCUT2D eigenvalue weighted by molar-refractivity contribution is -0.148. The Bertz CT molecular complexity index is 1250. The zero-order valence-corrected chi connectivity index (χ0v) is 19.8. The number of aromatic amines is 1. The second-order valence-corrected chi connectivity index (χ2v) is 9.89. The van der Waals surface area contributed by atoms with Crippen molar-refractivity contribution < 1.29 is 18.8 Å². The number of carbonyl (C=O) groups is 3. The molecule has 1 aliphatic heterocycles. The number of amides is 2. The molecule has 1 N–H and O–H groups in total. The zero-order chi connectivity index (χ0) is 24.7. The Hall–Kier alpha value is -3.36. The normalized spacial score (nSPS) is 19.9. The standard InChI is InChI=1S/C26H29FN4O4/c1-15-14-30(10-11-31(15)26(35)23(32)17-7-8-17)25(34)20-12-16(6-9-21(20)27)13-22-18-4-2-3-5-19(18)24(33)29-28-22/h6,9,12,15,17H,2-5,7-8,10-11,13-14H2,1H3,(H,29,33)/t15-/m0/s1. The molecule has 9 heteroatoms. The van der Waals surface area contributed by atoms with Crippen molar-refractivity contribution in [3.63, 3.8) is 0 Å². The van der Waals surface area contributed by atoms with E-state index < -0.39 is 17.6 Å². The van der Waals surface area contributed by atoms with Crippen molar-refractivity contribution in [2.75, 3.05) is 19.6 Å². The lowest BCUT2D eigenvalue weighted by atomic mass is 9.90. The molecule has 2 aliphatic carbocycles. The first-order chi connectivity index (χ1) is 16.8. The number of rotatable bonds is 5. The fraction of sp³-hybridized carbons (Fsp3) is 0.500. The summed E-state index contributed by atoms with van der Waals surface area (Å²) in [7, 11) is 0. The molecule has 1 saturated carbocycles. The Morgan fingerprint density at radius 2 is 1.86 bits per heavy atom. The third-order valence-electron chi connectivity index (χ3n) is 7.35. The van der Waals surface area contributed by atoms with Gasteiger partial charge in [-0.15, -0.1) is 0 Å². The molecule has 2 heterocycles. The minimum Gasteiger partial charge on any atom is -0.335 e. The number of H-pyrrole nitrogens is 1. The molecule has 1 atom stereocenters. The van der Waals surface area contributed by atoms with E-state index in [9.17, 15) is 23.6 Å². The Labute approximate surface area is 202 Å². The van der Waals surface area contributed by atoms with E-state index in [0.717, 1.165) is 60.9 Å². The first-order valence-electron chi connectivity index (χ1n) is 12.3. The van der Waals surface area contributed by atoms with E-state index in [2.05, 4.69) is 10.2 Å². The van der Waals surface area contributed by atoms with E-state index >= 15 is 0 Å². The van der Waals surface area contributed by atoms with Gasteiger partial charge in [0, 0.05) is 43.6 Å². The second kappa shape index (κ2) is 9.36. The highest BCUT2D eigenvalue weighted by molar-refractivity contribution is 6.37. The average Bonchev–Trinajstić information content (AvgIpc) is 3.71. The molecule has 1 saturated heterocycles. The number of halogens is 1. The van der Waals surface area contributed by atoms with Gasteiger partial charge < -0.3 is 9.80 Å². The molecule has 184 valence electrons. The van der Waals surface area contributed by atoms with Gasteiger partial charge in [0.15, 0.2) is 0 Å². The summed E-state index contributed by atoms with van der Waals surface area (Å²) in [5.74, 6) is -2.00. The number of nitrogens with zero attached hydrogens (tertiary/aromatic N) is 3. The molecular formula is C26H29FN4O4. The molecule has 2 amide bonds. The molecule has 1 aromatic carbocycles. The molecule has 8 nitrogen and oxygen atoms in total. The lowest BCUT2D eigenvalue weighted by Gasteiger charge is -2.39. The zero-order valence-electron chi connectivity index (χ0n) is 19.8. The van der Waals surface area contributed by atoms with Gasteiger partial charge in [0.2, 0.25) is 5.78 Å². The third kappa shape index (κ3) is 4.63. The van der Waals surface area contributed by atoms with Crippen LogP contribution in [0.15, 0.2) is 23.0 Å². The highest BCUT2D eigenvalue weighted by atomic mass is 19.1. The van der Waals surface area contributed by atoms with Gasteiger partial charge in [0.25, 0.3) is 17.4 Å². The number of benzene rings is 1. The number of fused-ring (bicyclic) bond motifs is 1. The van der Waals surface area contributed by atoms with Crippen molar-refractivity contribution >= 4 is 17.6 Å². The Kier molecular flexibility index (Phi) is 6.25. The number of Topliss-reactive ketones (excluding diaryl/α,β-unsaturated/α-hetero) is 1. The van der Waals surface area contributed by atoms with Crippen molar-refractivity contribution in [1.82, 2.24) is 20.0 Å². The minimum absolute atomic E-state index is 0.0261. The van der Waals surface area contributed by atoms with Gasteiger partial charge in [-0.2, -0.15) is 5.10 Å². The molecule has 35 heavy (non-hydrogen) atoms. The van der Waals surface area contributed by atoms with Crippen LogP contribution in [0.4, 0.5) is 4.39 Å². The Morgan fingerprint density at radius 3 is 2.57 bits per heavy atom. The van der Waals surface area contributed by atoms with Crippen LogP contribution in [0.5, 0.6) is 0 Å². The quantitative estimate of drug-likeness (QED) is 0.660. The van der Waals surface area contributed by atoms with Crippen LogP contribution in [0.2, 0.25) is 0 Å². The number of hydrogen-bond acceptors (Lipinski definition) is 5. The average molecular weight is 481 g/mol. The van der Waals surface area contributed by atoms with Crippen molar-refractivity contribution in [2.24, 2.45) is 5.92 Å². The number of ketones is 1. The first kappa shape index (κ1) is 23.4. The topological polar surface area (TPSA) is 103 Å². The van der Waals surface area contributed by atoms with E-state index in [4.69, 9.17) is 0 Å². The minimum atomic E-state index is -0.606. The summed E-state index contributed by atoms with van der Waals surface area (Å²) in [6.45, 7) is 2.53. The predicted molar refractivity (Wildman–Crippen MR) is 126 cm³/mol. The molecular weight excluding hydrogens is 451 g/mol. The maximum absolute atomic E-state index is 14.7. The highest BCUT2D eigenvalue weighted by Gasteiger charge is 2.40. The van der Waals surface area contributed by atoms with Crippen LogP contribution in [-0.4, -0.2) is 63.3 Å². The van der Waals surface area contributed by atoms with Crippen molar-refractivity contribution in [2.45, 2.75) is 57.9 Å². The van der Waals surface area contributed by atoms with Gasteiger partial charge >= 0.3 is 0 Å². The van der Waals surface area contributed by atoms with Crippen molar-refractivity contribution in [1.29, 1.82) is 0 Å². The van der Waals surface area contributed by atoms with Crippen LogP contribution in [0.25, 0.3) is 0 Å². The summed E-state index contributed by atoms with van der Waals surface area (Å²) in [4.78, 5) is 53.1. The fourth-order valence-electron chi connectivity index (χ4n) is 5.19. The van der Waals surface area contributed by atoms with Gasteiger partial charge in [-0.1, -0.05) is 6.07 Å². The monoisotopic (exact) mass is 480 g/mol. The maximum atomic E-state index is 14.7. The van der Waals surface area contributed by atoms with E-state index in [1.54, 1.807) is 24.0 Å². The molecule has 5 rings (SSSR count). The number of nitrogens with one attached hydrogen (secondary N) is 1. The fourth-order valence-corrected chi connectivity index (χ4v) is 5.19. The smallest absolute Gasteiger partial charge is 0.290 e. The SMILES string of the molecule is C[C@H]1CN(C(=O)c2cc(Cc3n[nH]c(=O)c4c3CCCC4)ccc2F)CCN1C(=O)C(=O)C1CC1. The van der Waals surface area contributed by atoms with Crippen LogP contribution in [0, 0.1) is 11.7 Å². The molecule has 0 unspecified atom stereocenters. The molecule has 1 aromatic heterocycles. The maximum Gasteiger partial charge on any atom is 0.290 e. The van der Waals surface area contributed by atoms with E-state index in [0.29, 0.717) is 6.42 Å². The first-order valence-corrected chi connectivity index (χ1v) is 12.3. The summed E-state index contributed by atoms with van der Waals surface area (Å²) >= 11 is 0. The van der Waals surface area contributed by atoms with E-state index in [1.807, 2.05) is 0 Å². The van der Waals surface area contributed by atoms with E-state index in [1.165, 1.54) is 11.0 Å². The lowest BCUT2D eigenvalue weighted by Crippen LogP contribution is -2.57. The molecule has 3 aliphatic rings. The van der Waals surface area contributed by atoms with Crippen molar-refractivity contribution in [3.05, 3.63) is 62.3 Å². The molecule has 0 radical (unpaired) electrons. The van der Waals surface area contributed by atoms with Crippen molar-refractivity contribution in [3.8, 4) is 0 Å². The number of carbonyl (C=O) groups excluding carboxylic acids is 3. The largest absolute Gasteiger partial charge is 0.335 e. The Balaban J connectivity index is 1.31. The number of aromatic nitrogens is 2.